The van der Waals surface area contributed by atoms with Gasteiger partial charge in [-0.15, -0.1) is 0 Å². The Bertz CT molecular complexity index is 545. The number of nitrogens with one attached hydrogen (secondary N) is 1. The van der Waals surface area contributed by atoms with Crippen LogP contribution >= 0.6 is 11.6 Å². The molecule has 1 amide bonds. The molecule has 0 bridgehead atoms. The fraction of sp³-hybridized carbons (Fsp3) is 0.167. The number of nitrogens with zero attached hydrogens (tertiary/aromatic N) is 2. The number of aryl methyl sites for hydroxylation is 1. The van der Waals surface area contributed by atoms with Crippen molar-refractivity contribution in [1.29, 1.82) is 0 Å². The highest BCUT2D eigenvalue weighted by molar-refractivity contribution is 6.29. The minimum absolute atomic E-state index is 0.0919. The molecule has 5 heteroatoms. The molecule has 1 N–H and O–H groups in total. The highest BCUT2D eigenvalue weighted by Gasteiger charge is 2.05. The van der Waals surface area contributed by atoms with Gasteiger partial charge in [0.15, 0.2) is 0 Å². The Morgan fingerprint density at radius 3 is 2.47 bits per heavy atom. The second-order valence-corrected chi connectivity index (χ2v) is 4.14. The van der Waals surface area contributed by atoms with Crippen LogP contribution in [0, 0.1) is 6.92 Å². The number of halogens is 1. The van der Waals surface area contributed by atoms with Crippen LogP contribution in [0.2, 0.25) is 5.15 Å². The summed E-state index contributed by atoms with van der Waals surface area (Å²) in [5.74, 6) is -0.0919. The van der Waals surface area contributed by atoms with Gasteiger partial charge in [0.25, 0.3) is 0 Å². The molecule has 0 saturated carbocycles. The van der Waals surface area contributed by atoms with E-state index in [1.54, 1.807) is 10.7 Å². The van der Waals surface area contributed by atoms with E-state index in [-0.39, 0.29) is 5.91 Å². The number of hydrogen-bond acceptors (Lipinski definition) is 2. The lowest BCUT2D eigenvalue weighted by Gasteiger charge is -2.05. The fourth-order valence-electron chi connectivity index (χ4n) is 1.54. The molecule has 2 rings (SSSR count). The van der Waals surface area contributed by atoms with Crippen LogP contribution in [-0.4, -0.2) is 15.7 Å². The molecular formula is C12H12ClN3O. The molecule has 0 aliphatic carbocycles. The van der Waals surface area contributed by atoms with Crippen LogP contribution in [0.3, 0.4) is 0 Å². The van der Waals surface area contributed by atoms with Gasteiger partial charge in [0.2, 0.25) is 5.91 Å². The maximum Gasteiger partial charge on any atom is 0.221 e. The summed E-state index contributed by atoms with van der Waals surface area (Å²) in [4.78, 5) is 10.9. The molecule has 0 spiro atoms. The Kier molecular flexibility index (Phi) is 3.15. The molecule has 0 aliphatic heterocycles. The Hall–Kier alpha value is -1.81. The molecule has 17 heavy (non-hydrogen) atoms. The molecule has 1 aromatic carbocycles. The second kappa shape index (κ2) is 4.59. The van der Waals surface area contributed by atoms with E-state index in [2.05, 4.69) is 10.4 Å². The van der Waals surface area contributed by atoms with Gasteiger partial charge >= 0.3 is 0 Å². The van der Waals surface area contributed by atoms with Gasteiger partial charge in [-0.05, 0) is 37.3 Å². The van der Waals surface area contributed by atoms with E-state index in [1.165, 1.54) is 6.92 Å². The summed E-state index contributed by atoms with van der Waals surface area (Å²) in [6.07, 6.45) is 0. The number of aromatic nitrogens is 2. The first-order valence-electron chi connectivity index (χ1n) is 5.16. The predicted molar refractivity (Wildman–Crippen MR) is 67.6 cm³/mol. The summed E-state index contributed by atoms with van der Waals surface area (Å²) in [6.45, 7) is 3.36. The zero-order valence-electron chi connectivity index (χ0n) is 9.57. The van der Waals surface area contributed by atoms with E-state index in [4.69, 9.17) is 11.6 Å². The highest BCUT2D eigenvalue weighted by Crippen LogP contribution is 2.18. The predicted octanol–water partition coefficient (Wildman–Crippen LogP) is 2.79. The summed E-state index contributed by atoms with van der Waals surface area (Å²) in [5, 5.41) is 7.53. The maximum atomic E-state index is 10.9. The first-order valence-corrected chi connectivity index (χ1v) is 5.54. The molecule has 2 aromatic rings. The van der Waals surface area contributed by atoms with Crippen LogP contribution in [-0.2, 0) is 4.79 Å². The van der Waals surface area contributed by atoms with Gasteiger partial charge in [0.05, 0.1) is 11.4 Å². The van der Waals surface area contributed by atoms with Gasteiger partial charge in [-0.2, -0.15) is 5.10 Å². The smallest absolute Gasteiger partial charge is 0.221 e. The quantitative estimate of drug-likeness (QED) is 0.890. The lowest BCUT2D eigenvalue weighted by atomic mass is 10.3. The zero-order chi connectivity index (χ0) is 12.4. The molecule has 0 saturated heterocycles. The molecule has 1 aromatic heterocycles. The van der Waals surface area contributed by atoms with E-state index < -0.39 is 0 Å². The van der Waals surface area contributed by atoms with Gasteiger partial charge in [0, 0.05) is 12.6 Å². The second-order valence-electron chi connectivity index (χ2n) is 3.75. The normalized spacial score (nSPS) is 10.3. The minimum atomic E-state index is -0.0919. The third-order valence-electron chi connectivity index (χ3n) is 2.22. The Balaban J connectivity index is 2.29. The summed E-state index contributed by atoms with van der Waals surface area (Å²) in [5.41, 5.74) is 2.47. The van der Waals surface area contributed by atoms with Crippen LogP contribution in [0.15, 0.2) is 30.3 Å². The standard InChI is InChI=1S/C12H12ClN3O/c1-8-7-12(13)16(15-8)11-5-3-10(4-6-11)14-9(2)17/h3-7H,1-2H3,(H,14,17). The lowest BCUT2D eigenvalue weighted by molar-refractivity contribution is -0.114. The van der Waals surface area contributed by atoms with Crippen molar-refractivity contribution >= 4 is 23.2 Å². The van der Waals surface area contributed by atoms with Crippen molar-refractivity contribution in [2.75, 3.05) is 5.32 Å². The van der Waals surface area contributed by atoms with E-state index in [0.717, 1.165) is 17.1 Å². The van der Waals surface area contributed by atoms with Crippen molar-refractivity contribution in [3.63, 3.8) is 0 Å². The van der Waals surface area contributed by atoms with E-state index in [0.29, 0.717) is 5.15 Å². The van der Waals surface area contributed by atoms with E-state index in [1.807, 2.05) is 31.2 Å². The average Bonchev–Trinajstić information content (AvgIpc) is 2.58. The van der Waals surface area contributed by atoms with E-state index in [9.17, 15) is 4.79 Å². The number of anilines is 1. The lowest BCUT2D eigenvalue weighted by Crippen LogP contribution is -2.05. The van der Waals surface area contributed by atoms with Crippen molar-refractivity contribution in [2.24, 2.45) is 0 Å². The third-order valence-corrected chi connectivity index (χ3v) is 2.49. The summed E-state index contributed by atoms with van der Waals surface area (Å²) in [6, 6.07) is 9.12. The van der Waals surface area contributed by atoms with Crippen LogP contribution < -0.4 is 5.32 Å². The Morgan fingerprint density at radius 2 is 2.00 bits per heavy atom. The van der Waals surface area contributed by atoms with E-state index >= 15 is 0 Å². The number of rotatable bonds is 2. The minimum Gasteiger partial charge on any atom is -0.326 e. The van der Waals surface area contributed by atoms with Crippen LogP contribution in [0.1, 0.15) is 12.6 Å². The third kappa shape index (κ3) is 2.65. The highest BCUT2D eigenvalue weighted by atomic mass is 35.5. The number of benzene rings is 1. The number of amides is 1. The Morgan fingerprint density at radius 1 is 1.35 bits per heavy atom. The molecule has 0 aliphatic rings. The molecule has 0 unspecified atom stereocenters. The topological polar surface area (TPSA) is 46.9 Å². The monoisotopic (exact) mass is 249 g/mol. The molecule has 1 heterocycles. The van der Waals surface area contributed by atoms with Crippen molar-refractivity contribution in [3.8, 4) is 5.69 Å². The number of hydrogen-bond donors (Lipinski definition) is 1. The largest absolute Gasteiger partial charge is 0.326 e. The SMILES string of the molecule is CC(=O)Nc1ccc(-n2nc(C)cc2Cl)cc1. The molecule has 0 fully saturated rings. The summed E-state index contributed by atoms with van der Waals surface area (Å²) >= 11 is 6.03. The first kappa shape index (κ1) is 11.7. The molecule has 0 atom stereocenters. The van der Waals surface area contributed by atoms with Crippen molar-refractivity contribution in [3.05, 3.63) is 41.2 Å². The van der Waals surface area contributed by atoms with Crippen LogP contribution in [0.5, 0.6) is 0 Å². The number of carbonyl (C=O) groups is 1. The summed E-state index contributed by atoms with van der Waals surface area (Å²) in [7, 11) is 0. The van der Waals surface area contributed by atoms with Crippen molar-refractivity contribution in [1.82, 2.24) is 9.78 Å². The fourth-order valence-corrected chi connectivity index (χ4v) is 1.83. The van der Waals surface area contributed by atoms with Gasteiger partial charge in [-0.3, -0.25) is 4.79 Å². The van der Waals surface area contributed by atoms with Gasteiger partial charge in [-0.25, -0.2) is 4.68 Å². The van der Waals surface area contributed by atoms with Crippen LogP contribution in [0.25, 0.3) is 5.69 Å². The number of carbonyl (C=O) groups excluding carboxylic acids is 1. The average molecular weight is 250 g/mol. The van der Waals surface area contributed by atoms with Gasteiger partial charge < -0.3 is 5.32 Å². The maximum absolute atomic E-state index is 10.9. The van der Waals surface area contributed by atoms with Crippen molar-refractivity contribution in [2.45, 2.75) is 13.8 Å². The molecular weight excluding hydrogens is 238 g/mol. The Labute approximate surface area is 104 Å². The first-order chi connectivity index (χ1) is 8.06. The van der Waals surface area contributed by atoms with Gasteiger partial charge in [-0.1, -0.05) is 11.6 Å². The van der Waals surface area contributed by atoms with Crippen LogP contribution in [0.4, 0.5) is 5.69 Å². The summed E-state index contributed by atoms with van der Waals surface area (Å²) < 4.78 is 1.65. The molecule has 4 nitrogen and oxygen atoms in total. The molecule has 88 valence electrons. The zero-order valence-corrected chi connectivity index (χ0v) is 10.3. The molecule has 0 radical (unpaired) electrons. The van der Waals surface area contributed by atoms with Gasteiger partial charge in [0.1, 0.15) is 5.15 Å². The van der Waals surface area contributed by atoms with Crippen molar-refractivity contribution < 1.29 is 4.79 Å².